The first-order valence-electron chi connectivity index (χ1n) is 9.46. The van der Waals surface area contributed by atoms with Crippen molar-refractivity contribution in [2.45, 2.75) is 29.8 Å². The van der Waals surface area contributed by atoms with Crippen LogP contribution in [0.2, 0.25) is 0 Å². The van der Waals surface area contributed by atoms with Crippen LogP contribution in [0.1, 0.15) is 18.1 Å². The second-order valence-electron chi connectivity index (χ2n) is 7.50. The van der Waals surface area contributed by atoms with E-state index < -0.39 is 44.0 Å². The predicted molar refractivity (Wildman–Crippen MR) is 104 cm³/mol. The molecule has 0 radical (unpaired) electrons. The SMILES string of the molecule is CC(O)(c1cccc(S(=O)(=O)N2CCN(c3ccccc3C(F)(F)F)CC2)c1)C(F)(F)F. The van der Waals surface area contributed by atoms with Gasteiger partial charge < -0.3 is 10.0 Å². The zero-order chi connectivity index (χ0) is 23.9. The molecule has 1 aliphatic heterocycles. The maximum absolute atomic E-state index is 13.3. The van der Waals surface area contributed by atoms with E-state index in [1.807, 2.05) is 0 Å². The molecule has 0 amide bonds. The van der Waals surface area contributed by atoms with E-state index in [1.54, 1.807) is 0 Å². The number of para-hydroxylation sites is 1. The topological polar surface area (TPSA) is 60.9 Å². The van der Waals surface area contributed by atoms with Gasteiger partial charge in [-0.05, 0) is 36.8 Å². The fraction of sp³-hybridized carbons (Fsp3) is 0.400. The molecule has 2 aromatic carbocycles. The summed E-state index contributed by atoms with van der Waals surface area (Å²) in [4.78, 5) is 0.975. The second-order valence-corrected chi connectivity index (χ2v) is 9.44. The fourth-order valence-electron chi connectivity index (χ4n) is 3.43. The van der Waals surface area contributed by atoms with Gasteiger partial charge in [0.05, 0.1) is 10.5 Å². The molecule has 1 unspecified atom stereocenters. The lowest BCUT2D eigenvalue weighted by molar-refractivity contribution is -0.258. The minimum atomic E-state index is -5.02. The van der Waals surface area contributed by atoms with Crippen LogP contribution in [0.15, 0.2) is 53.4 Å². The molecule has 1 fully saturated rings. The summed E-state index contributed by atoms with van der Waals surface area (Å²) in [6, 6.07) is 8.88. The summed E-state index contributed by atoms with van der Waals surface area (Å²) in [6.45, 7) is 0.136. The molecule has 0 aliphatic carbocycles. The Morgan fingerprint density at radius 1 is 0.875 bits per heavy atom. The normalized spacial score (nSPS) is 18.4. The average Bonchev–Trinajstić information content (AvgIpc) is 2.72. The third-order valence-corrected chi connectivity index (χ3v) is 7.27. The van der Waals surface area contributed by atoms with E-state index in [0.717, 1.165) is 34.6 Å². The lowest BCUT2D eigenvalue weighted by Crippen LogP contribution is -2.49. The maximum Gasteiger partial charge on any atom is 0.421 e. The molecule has 1 atom stereocenters. The van der Waals surface area contributed by atoms with Gasteiger partial charge in [-0.25, -0.2) is 8.42 Å². The molecule has 1 N–H and O–H groups in total. The van der Waals surface area contributed by atoms with Gasteiger partial charge in [-0.2, -0.15) is 30.6 Å². The lowest BCUT2D eigenvalue weighted by Gasteiger charge is -2.36. The van der Waals surface area contributed by atoms with Crippen LogP contribution < -0.4 is 4.90 Å². The first-order valence-corrected chi connectivity index (χ1v) is 10.9. The summed E-state index contributed by atoms with van der Waals surface area (Å²) >= 11 is 0. The molecule has 0 spiro atoms. The molecule has 0 aromatic heterocycles. The van der Waals surface area contributed by atoms with Crippen molar-refractivity contribution in [2.75, 3.05) is 31.1 Å². The average molecular weight is 482 g/mol. The summed E-state index contributed by atoms with van der Waals surface area (Å²) in [5, 5.41) is 9.84. The first kappa shape index (κ1) is 24.3. The van der Waals surface area contributed by atoms with Gasteiger partial charge in [-0.1, -0.05) is 24.3 Å². The van der Waals surface area contributed by atoms with E-state index in [0.29, 0.717) is 6.92 Å². The van der Waals surface area contributed by atoms with Gasteiger partial charge in [0.2, 0.25) is 10.0 Å². The van der Waals surface area contributed by atoms with Gasteiger partial charge in [-0.15, -0.1) is 0 Å². The van der Waals surface area contributed by atoms with E-state index in [1.165, 1.54) is 23.1 Å². The summed E-state index contributed by atoms with van der Waals surface area (Å²) in [5.41, 5.74) is -4.79. The lowest BCUT2D eigenvalue weighted by atomic mass is 9.96. The maximum atomic E-state index is 13.3. The van der Waals surface area contributed by atoms with Crippen LogP contribution in [0, 0.1) is 0 Å². The number of aliphatic hydroxyl groups is 1. The monoisotopic (exact) mass is 482 g/mol. The zero-order valence-electron chi connectivity index (χ0n) is 16.8. The summed E-state index contributed by atoms with van der Waals surface area (Å²) in [7, 11) is -4.23. The van der Waals surface area contributed by atoms with Gasteiger partial charge in [0, 0.05) is 31.9 Å². The van der Waals surface area contributed by atoms with Crippen LogP contribution in [-0.4, -0.2) is 50.2 Å². The van der Waals surface area contributed by atoms with Gasteiger partial charge in [0.15, 0.2) is 5.60 Å². The van der Waals surface area contributed by atoms with E-state index in [4.69, 9.17) is 0 Å². The second kappa shape index (κ2) is 8.23. The number of anilines is 1. The fourth-order valence-corrected chi connectivity index (χ4v) is 4.90. The van der Waals surface area contributed by atoms with Crippen LogP contribution in [0.5, 0.6) is 0 Å². The van der Waals surface area contributed by atoms with Crippen molar-refractivity contribution >= 4 is 15.7 Å². The Hall–Kier alpha value is -2.31. The predicted octanol–water partition coefficient (Wildman–Crippen LogP) is 3.99. The highest BCUT2D eigenvalue weighted by Gasteiger charge is 2.51. The minimum absolute atomic E-state index is 0.0354. The van der Waals surface area contributed by atoms with Crippen LogP contribution in [0.4, 0.5) is 32.0 Å². The Bertz CT molecular complexity index is 1080. The van der Waals surface area contributed by atoms with Crippen molar-refractivity contribution in [1.29, 1.82) is 0 Å². The molecule has 1 aliphatic rings. The molecule has 1 saturated heterocycles. The number of piperazine rings is 1. The highest BCUT2D eigenvalue weighted by Crippen LogP contribution is 2.40. The molecule has 5 nitrogen and oxygen atoms in total. The first-order chi connectivity index (χ1) is 14.7. The standard InChI is InChI=1S/C20H20F6N2O3S/c1-18(29,20(24,25)26)14-5-4-6-15(13-14)32(30,31)28-11-9-27(10-12-28)17-8-3-2-7-16(17)19(21,22)23/h2-8,13,29H,9-12H2,1H3. The van der Waals surface area contributed by atoms with Crippen molar-refractivity contribution in [2.24, 2.45) is 0 Å². The molecule has 12 heteroatoms. The number of halogens is 6. The zero-order valence-corrected chi connectivity index (χ0v) is 17.6. The molecule has 2 aromatic rings. The van der Waals surface area contributed by atoms with Crippen molar-refractivity contribution in [3.63, 3.8) is 0 Å². The van der Waals surface area contributed by atoms with Crippen LogP contribution in [-0.2, 0) is 21.8 Å². The largest absolute Gasteiger partial charge is 0.421 e. The Morgan fingerprint density at radius 3 is 2.03 bits per heavy atom. The molecule has 0 saturated carbocycles. The number of sulfonamides is 1. The Labute approximate surface area is 180 Å². The summed E-state index contributed by atoms with van der Waals surface area (Å²) in [6.07, 6.45) is -9.59. The van der Waals surface area contributed by atoms with Gasteiger partial charge >= 0.3 is 12.4 Å². The van der Waals surface area contributed by atoms with Gasteiger partial charge in [0.25, 0.3) is 0 Å². The molecule has 3 rings (SSSR count). The molecule has 0 bridgehead atoms. The Kier molecular flexibility index (Phi) is 6.26. The van der Waals surface area contributed by atoms with Crippen LogP contribution >= 0.6 is 0 Å². The molecule has 32 heavy (non-hydrogen) atoms. The van der Waals surface area contributed by atoms with Crippen molar-refractivity contribution in [3.8, 4) is 0 Å². The molecular weight excluding hydrogens is 462 g/mol. The molecule has 176 valence electrons. The van der Waals surface area contributed by atoms with Gasteiger partial charge in [-0.3, -0.25) is 0 Å². The highest BCUT2D eigenvalue weighted by molar-refractivity contribution is 7.89. The number of hydrogen-bond acceptors (Lipinski definition) is 4. The molecular formula is C20H20F6N2O3S. The third kappa shape index (κ3) is 4.57. The highest BCUT2D eigenvalue weighted by atomic mass is 32.2. The van der Waals surface area contributed by atoms with E-state index >= 15 is 0 Å². The van der Waals surface area contributed by atoms with Crippen molar-refractivity contribution in [3.05, 3.63) is 59.7 Å². The van der Waals surface area contributed by atoms with Crippen LogP contribution in [0.3, 0.4) is 0 Å². The number of alkyl halides is 6. The third-order valence-electron chi connectivity index (χ3n) is 5.37. The number of nitrogens with zero attached hydrogens (tertiary/aromatic N) is 2. The van der Waals surface area contributed by atoms with Crippen molar-refractivity contribution in [1.82, 2.24) is 4.31 Å². The Balaban J connectivity index is 1.82. The Morgan fingerprint density at radius 2 is 1.47 bits per heavy atom. The van der Waals surface area contributed by atoms with Gasteiger partial charge in [0.1, 0.15) is 0 Å². The number of benzene rings is 2. The van der Waals surface area contributed by atoms with E-state index in [9.17, 15) is 39.9 Å². The van der Waals surface area contributed by atoms with Crippen LogP contribution in [0.25, 0.3) is 0 Å². The van der Waals surface area contributed by atoms with E-state index in [-0.39, 0.29) is 31.9 Å². The summed E-state index contributed by atoms with van der Waals surface area (Å²) in [5.74, 6) is 0. The van der Waals surface area contributed by atoms with Crippen molar-refractivity contribution < 1.29 is 39.9 Å². The number of hydrogen-bond donors (Lipinski definition) is 1. The number of rotatable bonds is 4. The smallest absolute Gasteiger partial charge is 0.376 e. The quantitative estimate of drug-likeness (QED) is 0.670. The minimum Gasteiger partial charge on any atom is -0.376 e. The summed E-state index contributed by atoms with van der Waals surface area (Å²) < 4.78 is 106. The molecule has 1 heterocycles. The van der Waals surface area contributed by atoms with E-state index in [2.05, 4.69) is 0 Å².